The number of hydrogen-bond acceptors (Lipinski definition) is 3. The van der Waals surface area contributed by atoms with Crippen LogP contribution in [0.3, 0.4) is 0 Å². The summed E-state index contributed by atoms with van der Waals surface area (Å²) in [6, 6.07) is 0.273. The monoisotopic (exact) mass is 259 g/mol. The number of amides is 1. The average Bonchev–Trinajstić information content (AvgIpc) is 2.63. The van der Waals surface area contributed by atoms with Crippen LogP contribution in [0.15, 0.2) is 0 Å². The first kappa shape index (κ1) is 14.4. The number of carboxylic acid groups (broad SMARTS) is 1. The third kappa shape index (κ3) is 4.98. The second-order valence-electron chi connectivity index (χ2n) is 4.79. The molecule has 0 aromatic rings. The SMILES string of the molecule is CSC1CCCC1NC(=O)CC(C)CC(=O)O. The minimum atomic E-state index is -0.840. The lowest BCUT2D eigenvalue weighted by atomic mass is 10.0. The topological polar surface area (TPSA) is 66.4 Å². The van der Waals surface area contributed by atoms with Crippen molar-refractivity contribution in [1.82, 2.24) is 5.32 Å². The van der Waals surface area contributed by atoms with Gasteiger partial charge in [-0.15, -0.1) is 0 Å². The Kier molecular flexibility index (Phi) is 5.82. The lowest BCUT2D eigenvalue weighted by Crippen LogP contribution is -2.39. The van der Waals surface area contributed by atoms with E-state index in [2.05, 4.69) is 11.6 Å². The van der Waals surface area contributed by atoms with E-state index in [-0.39, 0.29) is 24.3 Å². The Balaban J connectivity index is 2.31. The molecule has 3 unspecified atom stereocenters. The van der Waals surface area contributed by atoms with Crippen LogP contribution in [0.5, 0.6) is 0 Å². The van der Waals surface area contributed by atoms with Gasteiger partial charge < -0.3 is 10.4 Å². The summed E-state index contributed by atoms with van der Waals surface area (Å²) in [6.07, 6.45) is 5.82. The van der Waals surface area contributed by atoms with Gasteiger partial charge in [-0.25, -0.2) is 0 Å². The Morgan fingerprint density at radius 2 is 2.12 bits per heavy atom. The number of carboxylic acids is 1. The van der Waals surface area contributed by atoms with E-state index in [1.807, 2.05) is 0 Å². The fourth-order valence-corrected chi connectivity index (χ4v) is 3.26. The smallest absolute Gasteiger partial charge is 0.303 e. The van der Waals surface area contributed by atoms with Crippen LogP contribution in [0.25, 0.3) is 0 Å². The molecule has 3 atom stereocenters. The molecule has 0 heterocycles. The van der Waals surface area contributed by atoms with Gasteiger partial charge in [-0.3, -0.25) is 9.59 Å². The highest BCUT2D eigenvalue weighted by Gasteiger charge is 2.28. The van der Waals surface area contributed by atoms with Crippen LogP contribution in [-0.4, -0.2) is 34.5 Å². The standard InChI is InChI=1S/C12H21NO3S/c1-8(7-12(15)16)6-11(14)13-9-4-3-5-10(9)17-2/h8-10H,3-7H2,1-2H3,(H,13,14)(H,15,16). The minimum Gasteiger partial charge on any atom is -0.481 e. The molecule has 1 saturated carbocycles. The molecule has 0 aromatic heterocycles. The van der Waals surface area contributed by atoms with Crippen LogP contribution in [0.2, 0.25) is 0 Å². The summed E-state index contributed by atoms with van der Waals surface area (Å²) in [4.78, 5) is 22.2. The minimum absolute atomic E-state index is 0.00954. The van der Waals surface area contributed by atoms with Crippen LogP contribution < -0.4 is 5.32 Å². The van der Waals surface area contributed by atoms with E-state index in [4.69, 9.17) is 5.11 Å². The number of thioether (sulfide) groups is 1. The van der Waals surface area contributed by atoms with E-state index >= 15 is 0 Å². The lowest BCUT2D eigenvalue weighted by molar-refractivity contribution is -0.138. The third-order valence-electron chi connectivity index (χ3n) is 3.16. The van der Waals surface area contributed by atoms with Gasteiger partial charge in [-0.05, 0) is 25.0 Å². The molecule has 0 saturated heterocycles. The summed E-state index contributed by atoms with van der Waals surface area (Å²) < 4.78 is 0. The molecule has 2 N–H and O–H groups in total. The summed E-state index contributed by atoms with van der Waals surface area (Å²) in [5, 5.41) is 12.2. The molecule has 1 amide bonds. The summed E-state index contributed by atoms with van der Waals surface area (Å²) in [5.41, 5.74) is 0. The highest BCUT2D eigenvalue weighted by Crippen LogP contribution is 2.28. The van der Waals surface area contributed by atoms with Crippen LogP contribution in [0.4, 0.5) is 0 Å². The maximum absolute atomic E-state index is 11.7. The lowest BCUT2D eigenvalue weighted by Gasteiger charge is -2.20. The van der Waals surface area contributed by atoms with Crippen LogP contribution >= 0.6 is 11.8 Å². The second-order valence-corrected chi connectivity index (χ2v) is 5.86. The van der Waals surface area contributed by atoms with Crippen LogP contribution in [0.1, 0.15) is 39.0 Å². The molecule has 1 rings (SSSR count). The summed E-state index contributed by atoms with van der Waals surface area (Å²) in [7, 11) is 0. The highest BCUT2D eigenvalue weighted by molar-refractivity contribution is 7.99. The molecular weight excluding hydrogens is 238 g/mol. The molecule has 5 heteroatoms. The number of aliphatic carboxylic acids is 1. The van der Waals surface area contributed by atoms with Crippen molar-refractivity contribution in [3.8, 4) is 0 Å². The fourth-order valence-electron chi connectivity index (χ4n) is 2.33. The number of hydrogen-bond donors (Lipinski definition) is 2. The maximum Gasteiger partial charge on any atom is 0.303 e. The van der Waals surface area contributed by atoms with Gasteiger partial charge in [-0.2, -0.15) is 11.8 Å². The van der Waals surface area contributed by atoms with Gasteiger partial charge in [0.05, 0.1) is 0 Å². The number of nitrogens with one attached hydrogen (secondary N) is 1. The molecular formula is C12H21NO3S. The first-order valence-electron chi connectivity index (χ1n) is 6.07. The van der Waals surface area contributed by atoms with Gasteiger partial charge in [-0.1, -0.05) is 13.3 Å². The van der Waals surface area contributed by atoms with Crippen LogP contribution in [0, 0.1) is 5.92 Å². The number of rotatable bonds is 6. The predicted octanol–water partition coefficient (Wildman–Crippen LogP) is 1.89. The third-order valence-corrected chi connectivity index (χ3v) is 4.33. The van der Waals surface area contributed by atoms with Gasteiger partial charge in [0.2, 0.25) is 5.91 Å². The van der Waals surface area contributed by atoms with Crippen molar-refractivity contribution in [2.75, 3.05) is 6.26 Å². The summed E-state index contributed by atoms with van der Waals surface area (Å²) >= 11 is 1.80. The molecule has 4 nitrogen and oxygen atoms in total. The molecule has 98 valence electrons. The first-order valence-corrected chi connectivity index (χ1v) is 7.35. The summed E-state index contributed by atoms with van der Waals surface area (Å²) in [5.74, 6) is -0.945. The van der Waals surface area contributed by atoms with E-state index in [9.17, 15) is 9.59 Å². The molecule has 17 heavy (non-hydrogen) atoms. The van der Waals surface area contributed by atoms with Crippen LogP contribution in [-0.2, 0) is 9.59 Å². The zero-order valence-corrected chi connectivity index (χ0v) is 11.3. The van der Waals surface area contributed by atoms with E-state index in [0.717, 1.165) is 12.8 Å². The van der Waals surface area contributed by atoms with Crippen molar-refractivity contribution in [3.05, 3.63) is 0 Å². The van der Waals surface area contributed by atoms with Crippen molar-refractivity contribution >= 4 is 23.6 Å². The number of carbonyl (C=O) groups excluding carboxylic acids is 1. The molecule has 0 aliphatic heterocycles. The van der Waals surface area contributed by atoms with E-state index in [1.165, 1.54) is 6.42 Å². The normalized spacial score (nSPS) is 25.5. The number of carbonyl (C=O) groups is 2. The second kappa shape index (κ2) is 6.89. The molecule has 1 aliphatic carbocycles. The molecule has 0 aromatic carbocycles. The molecule has 0 bridgehead atoms. The van der Waals surface area contributed by atoms with Crippen molar-refractivity contribution < 1.29 is 14.7 Å². The van der Waals surface area contributed by atoms with E-state index in [1.54, 1.807) is 18.7 Å². The maximum atomic E-state index is 11.7. The van der Waals surface area contributed by atoms with Crippen molar-refractivity contribution in [1.29, 1.82) is 0 Å². The van der Waals surface area contributed by atoms with E-state index in [0.29, 0.717) is 11.7 Å². The van der Waals surface area contributed by atoms with Gasteiger partial charge in [0.25, 0.3) is 0 Å². The Morgan fingerprint density at radius 3 is 2.71 bits per heavy atom. The Hall–Kier alpha value is -0.710. The zero-order valence-electron chi connectivity index (χ0n) is 10.4. The fraction of sp³-hybridized carbons (Fsp3) is 0.833. The van der Waals surface area contributed by atoms with Gasteiger partial charge >= 0.3 is 5.97 Å². The molecule has 1 fully saturated rings. The van der Waals surface area contributed by atoms with Gasteiger partial charge in [0, 0.05) is 24.1 Å². The molecule has 0 spiro atoms. The van der Waals surface area contributed by atoms with Crippen molar-refractivity contribution in [3.63, 3.8) is 0 Å². The largest absolute Gasteiger partial charge is 0.481 e. The molecule has 0 radical (unpaired) electrons. The zero-order chi connectivity index (χ0) is 12.8. The Bertz CT molecular complexity index is 283. The highest BCUT2D eigenvalue weighted by atomic mass is 32.2. The van der Waals surface area contributed by atoms with Gasteiger partial charge in [0.1, 0.15) is 0 Å². The quantitative estimate of drug-likeness (QED) is 0.764. The Labute approximate surface area is 107 Å². The van der Waals surface area contributed by atoms with E-state index < -0.39 is 5.97 Å². The average molecular weight is 259 g/mol. The molecule has 1 aliphatic rings. The predicted molar refractivity (Wildman–Crippen MR) is 69.1 cm³/mol. The van der Waals surface area contributed by atoms with Crippen molar-refractivity contribution in [2.45, 2.75) is 50.3 Å². The van der Waals surface area contributed by atoms with Crippen molar-refractivity contribution in [2.24, 2.45) is 5.92 Å². The Morgan fingerprint density at radius 1 is 1.41 bits per heavy atom. The first-order chi connectivity index (χ1) is 8.02. The summed E-state index contributed by atoms with van der Waals surface area (Å²) in [6.45, 7) is 1.80. The van der Waals surface area contributed by atoms with Gasteiger partial charge in [0.15, 0.2) is 0 Å².